The molecule has 7 nitrogen and oxygen atoms in total. The maximum absolute atomic E-state index is 12.9. The van der Waals surface area contributed by atoms with E-state index in [0.29, 0.717) is 36.2 Å². The first kappa shape index (κ1) is 24.0. The Morgan fingerprint density at radius 1 is 1.03 bits per heavy atom. The van der Waals surface area contributed by atoms with Crippen molar-refractivity contribution in [2.75, 3.05) is 34.4 Å². The Kier molecular flexibility index (Phi) is 9.67. The van der Waals surface area contributed by atoms with Gasteiger partial charge in [-0.25, -0.2) is 0 Å². The van der Waals surface area contributed by atoms with Crippen molar-refractivity contribution in [3.8, 4) is 23.0 Å². The average Bonchev–Trinajstić information content (AvgIpc) is 2.77. The summed E-state index contributed by atoms with van der Waals surface area (Å²) in [5, 5.41) is 6.31. The second-order valence-corrected chi connectivity index (χ2v) is 6.35. The predicted octanol–water partition coefficient (Wildman–Crippen LogP) is 3.61. The summed E-state index contributed by atoms with van der Waals surface area (Å²) in [6, 6.07) is 10.8. The summed E-state index contributed by atoms with van der Waals surface area (Å²) in [6.07, 6.45) is 0.723. The number of rotatable bonds is 11. The number of nitrogens with one attached hydrogen (secondary N) is 2. The average molecular weight is 437 g/mol. The lowest BCUT2D eigenvalue weighted by molar-refractivity contribution is -0.0520. The van der Waals surface area contributed by atoms with Crippen LogP contribution in [-0.2, 0) is 13.0 Å². The number of para-hydroxylation sites is 1. The summed E-state index contributed by atoms with van der Waals surface area (Å²) >= 11 is 0. The molecule has 0 spiro atoms. The third-order valence-corrected chi connectivity index (χ3v) is 4.39. The Morgan fingerprint density at radius 3 is 2.45 bits per heavy atom. The van der Waals surface area contributed by atoms with Gasteiger partial charge in [-0.3, -0.25) is 4.99 Å². The molecule has 0 bridgehead atoms. The van der Waals surface area contributed by atoms with Crippen LogP contribution >= 0.6 is 0 Å². The van der Waals surface area contributed by atoms with Crippen molar-refractivity contribution in [1.82, 2.24) is 10.6 Å². The van der Waals surface area contributed by atoms with Crippen LogP contribution in [0.1, 0.15) is 18.1 Å². The SMILES string of the molecule is CCOc1cccc(CNC(=NC)NCCc2ccc(OC)c(OC)c2)c1OC(F)F. The molecule has 170 valence electrons. The first-order chi connectivity index (χ1) is 15.0. The van der Waals surface area contributed by atoms with Gasteiger partial charge in [0.2, 0.25) is 0 Å². The van der Waals surface area contributed by atoms with Gasteiger partial charge in [-0.15, -0.1) is 0 Å². The molecule has 0 aromatic heterocycles. The van der Waals surface area contributed by atoms with Crippen molar-refractivity contribution < 1.29 is 27.7 Å². The topological polar surface area (TPSA) is 73.3 Å². The highest BCUT2D eigenvalue weighted by atomic mass is 19.3. The van der Waals surface area contributed by atoms with E-state index in [2.05, 4.69) is 15.6 Å². The summed E-state index contributed by atoms with van der Waals surface area (Å²) in [7, 11) is 4.83. The number of aliphatic imine (C=N–C) groups is 1. The molecule has 0 unspecified atom stereocenters. The fourth-order valence-corrected chi connectivity index (χ4v) is 2.95. The minimum absolute atomic E-state index is 0.0210. The molecule has 2 aromatic carbocycles. The molecule has 2 rings (SSSR count). The number of halogens is 2. The van der Waals surface area contributed by atoms with E-state index in [1.54, 1.807) is 46.4 Å². The molecule has 0 radical (unpaired) electrons. The number of guanidine groups is 1. The minimum atomic E-state index is -2.95. The maximum atomic E-state index is 12.9. The van der Waals surface area contributed by atoms with Crippen molar-refractivity contribution in [1.29, 1.82) is 0 Å². The van der Waals surface area contributed by atoms with Gasteiger partial charge in [-0.05, 0) is 37.1 Å². The zero-order valence-electron chi connectivity index (χ0n) is 18.2. The van der Waals surface area contributed by atoms with Gasteiger partial charge in [0.15, 0.2) is 29.0 Å². The van der Waals surface area contributed by atoms with E-state index in [9.17, 15) is 8.78 Å². The number of benzene rings is 2. The quantitative estimate of drug-likeness (QED) is 0.413. The summed E-state index contributed by atoms with van der Waals surface area (Å²) in [4.78, 5) is 4.17. The van der Waals surface area contributed by atoms with Gasteiger partial charge in [0.25, 0.3) is 0 Å². The molecule has 0 saturated heterocycles. The second kappa shape index (κ2) is 12.5. The molecule has 2 N–H and O–H groups in total. The smallest absolute Gasteiger partial charge is 0.387 e. The molecule has 2 aromatic rings. The van der Waals surface area contributed by atoms with Crippen molar-refractivity contribution >= 4 is 5.96 Å². The Hall–Kier alpha value is -3.23. The van der Waals surface area contributed by atoms with Gasteiger partial charge in [0.1, 0.15) is 0 Å². The first-order valence-electron chi connectivity index (χ1n) is 9.87. The molecule has 0 heterocycles. The molecule has 0 aliphatic heterocycles. The molecule has 0 amide bonds. The molecule has 0 aliphatic carbocycles. The van der Waals surface area contributed by atoms with Gasteiger partial charge in [0, 0.05) is 25.7 Å². The van der Waals surface area contributed by atoms with Crippen LogP contribution in [0.5, 0.6) is 23.0 Å². The highest BCUT2D eigenvalue weighted by Crippen LogP contribution is 2.32. The van der Waals surface area contributed by atoms with Crippen LogP contribution < -0.4 is 29.6 Å². The van der Waals surface area contributed by atoms with Gasteiger partial charge in [-0.1, -0.05) is 18.2 Å². The third kappa shape index (κ3) is 7.20. The van der Waals surface area contributed by atoms with E-state index in [-0.39, 0.29) is 18.0 Å². The van der Waals surface area contributed by atoms with Crippen LogP contribution in [0.4, 0.5) is 8.78 Å². The Balaban J connectivity index is 1.96. The van der Waals surface area contributed by atoms with E-state index >= 15 is 0 Å². The zero-order valence-corrected chi connectivity index (χ0v) is 18.2. The third-order valence-electron chi connectivity index (χ3n) is 4.39. The lowest BCUT2D eigenvalue weighted by Gasteiger charge is -2.17. The molecule has 0 saturated carbocycles. The second-order valence-electron chi connectivity index (χ2n) is 6.35. The summed E-state index contributed by atoms with van der Waals surface area (Å²) in [5.74, 6) is 2.17. The molecule has 31 heavy (non-hydrogen) atoms. The number of hydrogen-bond acceptors (Lipinski definition) is 5. The van der Waals surface area contributed by atoms with Crippen molar-refractivity contribution in [3.05, 3.63) is 47.5 Å². The molecule has 9 heteroatoms. The van der Waals surface area contributed by atoms with Gasteiger partial charge >= 0.3 is 6.61 Å². The van der Waals surface area contributed by atoms with Gasteiger partial charge in [0.05, 0.1) is 20.8 Å². The lowest BCUT2D eigenvalue weighted by atomic mass is 10.1. The summed E-state index contributed by atoms with van der Waals surface area (Å²) in [6.45, 7) is 0.0178. The number of hydrogen-bond donors (Lipinski definition) is 2. The molecule has 0 atom stereocenters. The van der Waals surface area contributed by atoms with Crippen LogP contribution in [0, 0.1) is 0 Å². The molecular weight excluding hydrogens is 408 g/mol. The predicted molar refractivity (Wildman–Crippen MR) is 116 cm³/mol. The van der Waals surface area contributed by atoms with Gasteiger partial charge < -0.3 is 29.6 Å². The van der Waals surface area contributed by atoms with E-state index < -0.39 is 6.61 Å². The van der Waals surface area contributed by atoms with E-state index in [0.717, 1.165) is 12.0 Å². The number of ether oxygens (including phenoxy) is 4. The number of alkyl halides is 2. The van der Waals surface area contributed by atoms with Crippen LogP contribution in [0.15, 0.2) is 41.4 Å². The molecular formula is C22H29F2N3O4. The fourth-order valence-electron chi connectivity index (χ4n) is 2.95. The Bertz CT molecular complexity index is 863. The number of nitrogens with zero attached hydrogens (tertiary/aromatic N) is 1. The largest absolute Gasteiger partial charge is 0.493 e. The standard InChI is InChI=1S/C22H29F2N3O4/c1-5-30-18-8-6-7-16(20(18)31-21(23)24)14-27-22(25-2)26-12-11-15-9-10-17(28-3)19(13-15)29-4/h6-10,13,21H,5,11-12,14H2,1-4H3,(H2,25,26,27). The highest BCUT2D eigenvalue weighted by Gasteiger charge is 2.16. The Labute approximate surface area is 181 Å². The maximum Gasteiger partial charge on any atom is 0.387 e. The highest BCUT2D eigenvalue weighted by molar-refractivity contribution is 5.79. The van der Waals surface area contributed by atoms with Crippen LogP contribution in [0.2, 0.25) is 0 Å². The molecule has 0 fully saturated rings. The van der Waals surface area contributed by atoms with E-state index in [1.807, 2.05) is 18.2 Å². The molecule has 0 aliphatic rings. The van der Waals surface area contributed by atoms with Crippen molar-refractivity contribution in [2.45, 2.75) is 26.5 Å². The van der Waals surface area contributed by atoms with E-state index in [1.165, 1.54) is 0 Å². The fraction of sp³-hybridized carbons (Fsp3) is 0.409. The number of methoxy groups -OCH3 is 2. The zero-order chi connectivity index (χ0) is 22.6. The van der Waals surface area contributed by atoms with E-state index in [4.69, 9.17) is 18.9 Å². The van der Waals surface area contributed by atoms with Crippen LogP contribution in [0.25, 0.3) is 0 Å². The first-order valence-corrected chi connectivity index (χ1v) is 9.87. The normalized spacial score (nSPS) is 11.3. The Morgan fingerprint density at radius 2 is 1.81 bits per heavy atom. The van der Waals surface area contributed by atoms with Crippen LogP contribution in [0.3, 0.4) is 0 Å². The summed E-state index contributed by atoms with van der Waals surface area (Å²) < 4.78 is 46.4. The lowest BCUT2D eigenvalue weighted by Crippen LogP contribution is -2.38. The van der Waals surface area contributed by atoms with Gasteiger partial charge in [-0.2, -0.15) is 8.78 Å². The van der Waals surface area contributed by atoms with Crippen molar-refractivity contribution in [3.63, 3.8) is 0 Å². The summed E-state index contributed by atoms with van der Waals surface area (Å²) in [5.41, 5.74) is 1.60. The van der Waals surface area contributed by atoms with Crippen LogP contribution in [-0.4, -0.2) is 47.0 Å². The minimum Gasteiger partial charge on any atom is -0.493 e. The monoisotopic (exact) mass is 437 g/mol. The van der Waals surface area contributed by atoms with Crippen molar-refractivity contribution in [2.24, 2.45) is 4.99 Å².